The molecule has 1 unspecified atom stereocenters. The van der Waals surface area contributed by atoms with Gasteiger partial charge in [-0.05, 0) is 57.2 Å². The lowest BCUT2D eigenvalue weighted by molar-refractivity contribution is -0.140. The van der Waals surface area contributed by atoms with Crippen LogP contribution in [0, 0.1) is 23.0 Å². The summed E-state index contributed by atoms with van der Waals surface area (Å²) in [4.78, 5) is 29.4. The molecule has 0 radical (unpaired) electrons. The summed E-state index contributed by atoms with van der Waals surface area (Å²) in [5.41, 5.74) is 5.71. The smallest absolute Gasteiger partial charge is 0.242 e. The van der Waals surface area contributed by atoms with E-state index in [1.807, 2.05) is 6.08 Å². The molecule has 1 aromatic carbocycles. The van der Waals surface area contributed by atoms with Crippen LogP contribution in [0.1, 0.15) is 44.1 Å². The average Bonchev–Trinajstić information content (AvgIpc) is 3.61. The van der Waals surface area contributed by atoms with Crippen LogP contribution in [0.25, 0.3) is 0 Å². The van der Waals surface area contributed by atoms with Gasteiger partial charge in [-0.25, -0.2) is 21.9 Å². The molecule has 0 bridgehead atoms. The number of halogens is 2. The highest BCUT2D eigenvalue weighted by molar-refractivity contribution is 8.04. The van der Waals surface area contributed by atoms with Crippen LogP contribution < -0.4 is 21.1 Å². The van der Waals surface area contributed by atoms with Gasteiger partial charge in [0.05, 0.1) is 19.0 Å². The van der Waals surface area contributed by atoms with E-state index in [1.165, 1.54) is 22.7 Å². The normalized spacial score (nSPS) is 23.7. The minimum absolute atomic E-state index is 0.00322. The molecule has 3 aliphatic heterocycles. The van der Waals surface area contributed by atoms with Crippen molar-refractivity contribution < 1.29 is 31.5 Å². The second-order valence-corrected chi connectivity index (χ2v) is 14.4. The fraction of sp³-hybridized carbons (Fsp3) is 0.607. The fourth-order valence-electron chi connectivity index (χ4n) is 5.67. The van der Waals surface area contributed by atoms with Crippen LogP contribution in [0.4, 0.5) is 8.78 Å². The molecule has 0 saturated carbocycles. The van der Waals surface area contributed by atoms with Gasteiger partial charge in [0.15, 0.2) is 0 Å². The van der Waals surface area contributed by atoms with Gasteiger partial charge >= 0.3 is 0 Å². The first-order valence-electron chi connectivity index (χ1n) is 14.4. The lowest BCUT2D eigenvalue weighted by Gasteiger charge is -2.30. The number of carbonyl (C=O) groups is 2. The van der Waals surface area contributed by atoms with Gasteiger partial charge in [0, 0.05) is 41.3 Å². The largest absolute Gasteiger partial charge is 0.383 e. The van der Waals surface area contributed by atoms with Crippen molar-refractivity contribution >= 4 is 39.4 Å². The van der Waals surface area contributed by atoms with E-state index in [0.717, 1.165) is 44.3 Å². The van der Waals surface area contributed by atoms with Gasteiger partial charge in [-0.2, -0.15) is 0 Å². The molecular formula is C28H40F2N6O5S2. The van der Waals surface area contributed by atoms with Crippen molar-refractivity contribution in [2.75, 3.05) is 32.4 Å². The van der Waals surface area contributed by atoms with Crippen molar-refractivity contribution in [3.63, 3.8) is 0 Å². The molecule has 43 heavy (non-hydrogen) atoms. The summed E-state index contributed by atoms with van der Waals surface area (Å²) in [6.45, 7) is 1.83. The second kappa shape index (κ2) is 14.9. The number of benzene rings is 1. The molecule has 238 valence electrons. The predicted molar refractivity (Wildman–Crippen MR) is 161 cm³/mol. The number of allylic oxidation sites excluding steroid dienone is 1. The number of carbonyl (C=O) groups excluding carboxylic acids is 2. The van der Waals surface area contributed by atoms with E-state index in [2.05, 4.69) is 15.4 Å². The number of amidine groups is 1. The van der Waals surface area contributed by atoms with Crippen LogP contribution in [-0.4, -0.2) is 86.8 Å². The zero-order chi connectivity index (χ0) is 31.1. The number of hydrogen-bond acceptors (Lipinski definition) is 8. The summed E-state index contributed by atoms with van der Waals surface area (Å²) < 4.78 is 60.4. The van der Waals surface area contributed by atoms with Crippen LogP contribution in [0.15, 0.2) is 29.2 Å². The highest BCUT2D eigenvalue weighted by Gasteiger charge is 2.43. The maximum absolute atomic E-state index is 14.2. The van der Waals surface area contributed by atoms with Crippen molar-refractivity contribution in [2.24, 2.45) is 11.7 Å². The molecule has 0 aliphatic carbocycles. The Kier molecular flexibility index (Phi) is 11.6. The van der Waals surface area contributed by atoms with Gasteiger partial charge in [0.25, 0.3) is 0 Å². The summed E-state index contributed by atoms with van der Waals surface area (Å²) in [6, 6.07) is 1.17. The molecule has 3 heterocycles. The number of likely N-dealkylation sites (tertiary alicyclic amines) is 1. The van der Waals surface area contributed by atoms with Gasteiger partial charge in [-0.1, -0.05) is 12.1 Å². The third-order valence-corrected chi connectivity index (χ3v) is 9.99. The first kappa shape index (κ1) is 33.3. The molecule has 2 saturated heterocycles. The van der Waals surface area contributed by atoms with Crippen molar-refractivity contribution in [3.8, 4) is 0 Å². The first-order valence-corrected chi connectivity index (χ1v) is 17.2. The number of nitrogens with zero attached hydrogens (tertiary/aromatic N) is 1. The van der Waals surface area contributed by atoms with Crippen LogP contribution in [-0.2, 0) is 31.0 Å². The number of nitrogens with two attached hydrogens (primary N) is 1. The zero-order valence-corrected chi connectivity index (χ0v) is 25.7. The van der Waals surface area contributed by atoms with Crippen LogP contribution >= 0.6 is 11.8 Å². The third kappa shape index (κ3) is 9.70. The highest BCUT2D eigenvalue weighted by Crippen LogP contribution is 2.32. The van der Waals surface area contributed by atoms with Crippen LogP contribution in [0.2, 0.25) is 0 Å². The minimum Gasteiger partial charge on any atom is -0.383 e. The Morgan fingerprint density at radius 1 is 1.28 bits per heavy atom. The van der Waals surface area contributed by atoms with E-state index < -0.39 is 51.7 Å². The average molecular weight is 643 g/mol. The Bertz CT molecular complexity index is 1320. The van der Waals surface area contributed by atoms with Gasteiger partial charge in [0.2, 0.25) is 21.8 Å². The number of sulfonamides is 1. The van der Waals surface area contributed by atoms with Crippen LogP contribution in [0.3, 0.4) is 0 Å². The van der Waals surface area contributed by atoms with Crippen molar-refractivity contribution in [3.05, 3.63) is 46.4 Å². The van der Waals surface area contributed by atoms with E-state index in [1.54, 1.807) is 0 Å². The summed E-state index contributed by atoms with van der Waals surface area (Å²) in [5, 5.41) is 13.8. The Balaban J connectivity index is 1.46. The Hall–Kier alpha value is -2.59. The third-order valence-electron chi connectivity index (χ3n) is 7.94. The van der Waals surface area contributed by atoms with Crippen molar-refractivity contribution in [1.29, 1.82) is 5.41 Å². The van der Waals surface area contributed by atoms with Crippen molar-refractivity contribution in [1.82, 2.24) is 20.3 Å². The molecule has 1 aromatic rings. The monoisotopic (exact) mass is 642 g/mol. The van der Waals surface area contributed by atoms with E-state index in [4.69, 9.17) is 15.9 Å². The Labute approximate surface area is 255 Å². The molecule has 2 amide bonds. The number of ether oxygens (including phenoxy) is 1. The lowest BCUT2D eigenvalue weighted by Crippen LogP contribution is -2.54. The number of hydrogen-bond donors (Lipinski definition) is 5. The maximum atomic E-state index is 14.2. The maximum Gasteiger partial charge on any atom is 0.242 e. The minimum atomic E-state index is -3.74. The van der Waals surface area contributed by atoms with Gasteiger partial charge in [0.1, 0.15) is 29.6 Å². The first-order chi connectivity index (χ1) is 20.4. The summed E-state index contributed by atoms with van der Waals surface area (Å²) in [7, 11) is -3.74. The van der Waals surface area contributed by atoms with E-state index >= 15 is 0 Å². The number of amides is 2. The Morgan fingerprint density at radius 3 is 2.67 bits per heavy atom. The Morgan fingerprint density at radius 2 is 2.02 bits per heavy atom. The molecule has 15 heteroatoms. The lowest BCUT2D eigenvalue weighted by atomic mass is 9.91. The number of thioether (sulfide) groups is 1. The van der Waals surface area contributed by atoms with Gasteiger partial charge in [-0.3, -0.25) is 15.0 Å². The van der Waals surface area contributed by atoms with E-state index in [-0.39, 0.29) is 49.2 Å². The second-order valence-electron chi connectivity index (χ2n) is 11.3. The molecular weight excluding hydrogens is 602 g/mol. The molecule has 2 fully saturated rings. The van der Waals surface area contributed by atoms with E-state index in [0.29, 0.717) is 23.7 Å². The van der Waals surface area contributed by atoms with Gasteiger partial charge in [-0.15, -0.1) is 11.8 Å². The van der Waals surface area contributed by atoms with Crippen molar-refractivity contribution in [2.45, 2.75) is 68.6 Å². The molecule has 3 aliphatic rings. The summed E-state index contributed by atoms with van der Waals surface area (Å²) in [6.07, 6.45) is 5.75. The molecule has 11 nitrogen and oxygen atoms in total. The van der Waals surface area contributed by atoms with Crippen LogP contribution in [0.5, 0.6) is 0 Å². The quantitative estimate of drug-likeness (QED) is 0.160. The van der Waals surface area contributed by atoms with E-state index in [9.17, 15) is 26.8 Å². The number of piperidine rings is 1. The molecule has 4 rings (SSSR count). The predicted octanol–water partition coefficient (Wildman–Crippen LogP) is 1.59. The number of rotatable bonds is 13. The zero-order valence-electron chi connectivity index (χ0n) is 24.1. The van der Waals surface area contributed by atoms with Gasteiger partial charge < -0.3 is 26.0 Å². The molecule has 0 aromatic heterocycles. The topological polar surface area (TPSA) is 167 Å². The highest BCUT2D eigenvalue weighted by atomic mass is 32.2. The summed E-state index contributed by atoms with van der Waals surface area (Å²) in [5.74, 6) is -2.08. The number of nitrogens with one attached hydrogen (secondary N) is 4. The molecule has 4 atom stereocenters. The molecule has 6 N–H and O–H groups in total. The fourth-order valence-corrected chi connectivity index (χ4v) is 7.44. The molecule has 0 spiro atoms. The standard InChI is InChI=1S/C28H40F2N6O5S2/c1-43(39,40)35-23(6-2-17-8-10-33-11-9-17)28(38)36-15-20(41-16-18-3-4-19(29)12-22(18)30)13-24(36)27(37)34-14-21-5-7-25(42-21)26(31)32/h3-4,7,12,17,20-21,23-24,33,35H,2,5-6,8-11,13-16H2,1H3,(H3,31,32)(H,34,37)/t20-,21?,23-,24+/m1/s1. The SMILES string of the molecule is CS(=O)(=O)N[C@H](CCC1CCNCC1)C(=O)N1C[C@H](OCc2ccc(F)cc2F)C[C@H]1C(=O)NCC1CC=C(C(=N)N)S1. The summed E-state index contributed by atoms with van der Waals surface area (Å²) >= 11 is 1.40.